The number of ether oxygens (including phenoxy) is 2. The van der Waals surface area contributed by atoms with Crippen LogP contribution >= 0.6 is 0 Å². The summed E-state index contributed by atoms with van der Waals surface area (Å²) >= 11 is 0. The number of nitrogens with one attached hydrogen (secondary N) is 1. The number of hydrogen-bond acceptors (Lipinski definition) is 6. The zero-order valence-electron chi connectivity index (χ0n) is 14.7. The van der Waals surface area contributed by atoms with E-state index in [-0.39, 0.29) is 24.2 Å². The van der Waals surface area contributed by atoms with Crippen molar-refractivity contribution in [2.24, 2.45) is 0 Å². The Morgan fingerprint density at radius 1 is 1.27 bits per heavy atom. The highest BCUT2D eigenvalue weighted by Gasteiger charge is 2.30. The number of carbonyl (C=O) groups is 1. The number of nitrogens with zero attached hydrogens (tertiary/aromatic N) is 3. The van der Waals surface area contributed by atoms with E-state index in [9.17, 15) is 9.59 Å². The number of aromatic amines is 1. The molecule has 3 heterocycles. The van der Waals surface area contributed by atoms with Crippen LogP contribution < -0.4 is 19.9 Å². The van der Waals surface area contributed by atoms with Gasteiger partial charge in [0.1, 0.15) is 0 Å². The smallest absolute Gasteiger partial charge is 0.254 e. The normalized spacial score (nSPS) is 18.2. The van der Waals surface area contributed by atoms with Gasteiger partial charge < -0.3 is 19.3 Å². The molecular formula is C18H20N4O4. The second-order valence-corrected chi connectivity index (χ2v) is 6.69. The predicted octanol–water partition coefficient (Wildman–Crippen LogP) is 1.19. The summed E-state index contributed by atoms with van der Waals surface area (Å²) in [6, 6.07) is 6.74. The molecule has 136 valence electrons. The van der Waals surface area contributed by atoms with Crippen LogP contribution in [0.4, 0.5) is 5.95 Å². The highest BCUT2D eigenvalue weighted by atomic mass is 16.7. The Morgan fingerprint density at radius 2 is 2.08 bits per heavy atom. The first-order chi connectivity index (χ1) is 12.5. The van der Waals surface area contributed by atoms with E-state index in [2.05, 4.69) is 9.97 Å². The number of amides is 1. The first kappa shape index (κ1) is 16.4. The molecule has 0 spiro atoms. The number of aromatic nitrogens is 2. The monoisotopic (exact) mass is 356 g/mol. The average molecular weight is 356 g/mol. The van der Waals surface area contributed by atoms with Gasteiger partial charge in [-0.25, -0.2) is 4.98 Å². The van der Waals surface area contributed by atoms with Crippen molar-refractivity contribution >= 4 is 11.9 Å². The molecule has 1 N–H and O–H groups in total. The molecular weight excluding hydrogens is 336 g/mol. The fourth-order valence-electron chi connectivity index (χ4n) is 3.28. The molecule has 1 aromatic carbocycles. The molecule has 1 aromatic heterocycles. The van der Waals surface area contributed by atoms with Crippen molar-refractivity contribution in [1.29, 1.82) is 0 Å². The second kappa shape index (κ2) is 6.36. The summed E-state index contributed by atoms with van der Waals surface area (Å²) in [5, 5.41) is 0. The quantitative estimate of drug-likeness (QED) is 0.889. The summed E-state index contributed by atoms with van der Waals surface area (Å²) in [6.07, 6.45) is 0.777. The Balaban J connectivity index is 1.52. The van der Waals surface area contributed by atoms with E-state index in [4.69, 9.17) is 9.47 Å². The van der Waals surface area contributed by atoms with Gasteiger partial charge in [-0.2, -0.15) is 0 Å². The van der Waals surface area contributed by atoms with Crippen LogP contribution in [0.5, 0.6) is 11.5 Å². The molecule has 2 aromatic rings. The molecule has 26 heavy (non-hydrogen) atoms. The fourth-order valence-corrected chi connectivity index (χ4v) is 3.28. The first-order valence-electron chi connectivity index (χ1n) is 8.49. The Hall–Kier alpha value is -3.03. The van der Waals surface area contributed by atoms with Gasteiger partial charge in [-0.05, 0) is 24.6 Å². The van der Waals surface area contributed by atoms with Gasteiger partial charge >= 0.3 is 0 Å². The number of hydrogen-bond donors (Lipinski definition) is 1. The van der Waals surface area contributed by atoms with Gasteiger partial charge in [0.2, 0.25) is 12.7 Å². The molecule has 0 saturated carbocycles. The van der Waals surface area contributed by atoms with Gasteiger partial charge in [0, 0.05) is 44.7 Å². The SMILES string of the molecule is CN(C)c1nc([C@@H]2CCN(C(=O)c3ccc4c(c3)OCO4)C2)cc(=O)[nH]1. The van der Waals surface area contributed by atoms with Gasteiger partial charge in [-0.3, -0.25) is 14.6 Å². The molecule has 8 nitrogen and oxygen atoms in total. The fraction of sp³-hybridized carbons (Fsp3) is 0.389. The number of rotatable bonds is 3. The molecule has 0 radical (unpaired) electrons. The molecule has 0 aliphatic carbocycles. The maximum absolute atomic E-state index is 12.8. The Kier molecular flexibility index (Phi) is 4.02. The van der Waals surface area contributed by atoms with Crippen LogP contribution in [0, 0.1) is 0 Å². The summed E-state index contributed by atoms with van der Waals surface area (Å²) in [6.45, 7) is 1.35. The largest absolute Gasteiger partial charge is 0.454 e. The van der Waals surface area contributed by atoms with E-state index in [1.807, 2.05) is 14.1 Å². The van der Waals surface area contributed by atoms with Crippen LogP contribution in [0.3, 0.4) is 0 Å². The van der Waals surface area contributed by atoms with Crippen LogP contribution in [-0.2, 0) is 0 Å². The standard InChI is InChI=1S/C18H20N4O4/c1-21(2)18-19-13(8-16(23)20-18)12-5-6-22(9-12)17(24)11-3-4-14-15(7-11)26-10-25-14/h3-4,7-8,12H,5-6,9-10H2,1-2H3,(H,19,20,23)/t12-/m1/s1. The first-order valence-corrected chi connectivity index (χ1v) is 8.49. The lowest BCUT2D eigenvalue weighted by atomic mass is 10.0. The van der Waals surface area contributed by atoms with Crippen LogP contribution in [0.25, 0.3) is 0 Å². The highest BCUT2D eigenvalue weighted by Crippen LogP contribution is 2.34. The molecule has 2 aliphatic heterocycles. The van der Waals surface area contributed by atoms with Crippen molar-refractivity contribution in [1.82, 2.24) is 14.9 Å². The summed E-state index contributed by atoms with van der Waals surface area (Å²) in [5.74, 6) is 1.77. The van der Waals surface area contributed by atoms with Gasteiger partial charge in [-0.15, -0.1) is 0 Å². The highest BCUT2D eigenvalue weighted by molar-refractivity contribution is 5.95. The second-order valence-electron chi connectivity index (χ2n) is 6.69. The van der Waals surface area contributed by atoms with Crippen LogP contribution in [-0.4, -0.2) is 54.8 Å². The average Bonchev–Trinajstić information content (AvgIpc) is 3.29. The van der Waals surface area contributed by atoms with E-state index in [0.717, 1.165) is 12.1 Å². The van der Waals surface area contributed by atoms with Crippen molar-refractivity contribution in [2.75, 3.05) is 38.9 Å². The molecule has 4 rings (SSSR count). The third kappa shape index (κ3) is 2.98. The molecule has 0 bridgehead atoms. The number of fused-ring (bicyclic) bond motifs is 1. The maximum Gasteiger partial charge on any atom is 0.254 e. The number of H-pyrrole nitrogens is 1. The minimum absolute atomic E-state index is 0.0500. The Bertz CT molecular complexity index is 908. The van der Waals surface area contributed by atoms with Crippen molar-refractivity contribution in [2.45, 2.75) is 12.3 Å². The Labute approximate surface area is 150 Å². The lowest BCUT2D eigenvalue weighted by Gasteiger charge is -2.17. The molecule has 2 aliphatic rings. The van der Waals surface area contributed by atoms with Crippen molar-refractivity contribution in [3.63, 3.8) is 0 Å². The zero-order valence-corrected chi connectivity index (χ0v) is 14.7. The lowest BCUT2D eigenvalue weighted by molar-refractivity contribution is 0.0790. The van der Waals surface area contributed by atoms with Gasteiger partial charge in [-0.1, -0.05) is 0 Å². The summed E-state index contributed by atoms with van der Waals surface area (Å²) < 4.78 is 10.6. The zero-order chi connectivity index (χ0) is 18.3. The van der Waals surface area contributed by atoms with E-state index in [1.54, 1.807) is 28.0 Å². The van der Waals surface area contributed by atoms with Crippen LogP contribution in [0.2, 0.25) is 0 Å². The third-order valence-corrected chi connectivity index (χ3v) is 4.69. The van der Waals surface area contributed by atoms with Crippen molar-refractivity contribution in [3.05, 3.63) is 45.9 Å². The number of carbonyl (C=O) groups excluding carboxylic acids is 1. The summed E-state index contributed by atoms with van der Waals surface area (Å²) in [5.41, 5.74) is 1.11. The molecule has 1 amide bonds. The lowest BCUT2D eigenvalue weighted by Crippen LogP contribution is -2.28. The van der Waals surface area contributed by atoms with Crippen LogP contribution in [0.1, 0.15) is 28.4 Å². The van der Waals surface area contributed by atoms with E-state index in [1.165, 1.54) is 6.07 Å². The van der Waals surface area contributed by atoms with Gasteiger partial charge in [0.15, 0.2) is 11.5 Å². The van der Waals surface area contributed by atoms with Crippen molar-refractivity contribution in [3.8, 4) is 11.5 Å². The van der Waals surface area contributed by atoms with Crippen LogP contribution in [0.15, 0.2) is 29.1 Å². The molecule has 1 fully saturated rings. The minimum Gasteiger partial charge on any atom is -0.454 e. The topological polar surface area (TPSA) is 87.8 Å². The number of likely N-dealkylation sites (tertiary alicyclic amines) is 1. The summed E-state index contributed by atoms with van der Waals surface area (Å²) in [7, 11) is 3.65. The van der Waals surface area contributed by atoms with Crippen molar-refractivity contribution < 1.29 is 14.3 Å². The van der Waals surface area contributed by atoms with E-state index >= 15 is 0 Å². The predicted molar refractivity (Wildman–Crippen MR) is 95.0 cm³/mol. The van der Waals surface area contributed by atoms with Gasteiger partial charge in [0.25, 0.3) is 11.5 Å². The van der Waals surface area contributed by atoms with E-state index < -0.39 is 0 Å². The molecule has 1 saturated heterocycles. The molecule has 1 atom stereocenters. The molecule has 8 heteroatoms. The summed E-state index contributed by atoms with van der Waals surface area (Å²) in [4.78, 5) is 35.5. The van der Waals surface area contributed by atoms with Gasteiger partial charge in [0.05, 0.1) is 5.69 Å². The number of anilines is 1. The molecule has 0 unspecified atom stereocenters. The van der Waals surface area contributed by atoms with E-state index in [0.29, 0.717) is 36.1 Å². The maximum atomic E-state index is 12.8. The number of benzene rings is 1. The third-order valence-electron chi connectivity index (χ3n) is 4.69. The minimum atomic E-state index is -0.181. The Morgan fingerprint density at radius 3 is 2.88 bits per heavy atom.